The van der Waals surface area contributed by atoms with Gasteiger partial charge in [0.2, 0.25) is 0 Å². The van der Waals surface area contributed by atoms with E-state index in [4.69, 9.17) is 32.7 Å². The summed E-state index contributed by atoms with van der Waals surface area (Å²) in [6.07, 6.45) is 1.32. The summed E-state index contributed by atoms with van der Waals surface area (Å²) in [5, 5.41) is 1.39. The van der Waals surface area contributed by atoms with Crippen molar-refractivity contribution in [2.45, 2.75) is 12.8 Å². The van der Waals surface area contributed by atoms with Crippen LogP contribution in [0.2, 0.25) is 10.0 Å². The van der Waals surface area contributed by atoms with Gasteiger partial charge in [0.05, 0.1) is 0 Å². The van der Waals surface area contributed by atoms with Crippen LogP contribution in [0.15, 0.2) is 121 Å². The average Bonchev–Trinajstić information content (AvgIpc) is 2.89. The van der Waals surface area contributed by atoms with Gasteiger partial charge in [-0.1, -0.05) is 83.9 Å². The van der Waals surface area contributed by atoms with Crippen LogP contribution >= 0.6 is 23.2 Å². The Morgan fingerprint density at radius 2 is 0.806 bits per heavy atom. The van der Waals surface area contributed by atoms with Crippen LogP contribution in [0, 0.1) is 0 Å². The molecular weight excluding hydrogens is 487 g/mol. The number of para-hydroxylation sites is 2. The minimum atomic E-state index is 0.658. The first kappa shape index (κ1) is 24.0. The first-order valence-corrected chi connectivity index (χ1v) is 12.5. The summed E-state index contributed by atoms with van der Waals surface area (Å²) < 4.78 is 11.9. The Morgan fingerprint density at radius 1 is 0.417 bits per heavy atom. The molecule has 0 amide bonds. The molecule has 0 aliphatic rings. The van der Waals surface area contributed by atoms with Gasteiger partial charge in [-0.3, -0.25) is 0 Å². The molecule has 5 aromatic rings. The summed E-state index contributed by atoms with van der Waals surface area (Å²) >= 11 is 13.4. The predicted octanol–water partition coefficient (Wildman–Crippen LogP) is 9.76. The molecule has 178 valence electrons. The molecule has 5 aromatic carbocycles. The molecule has 0 fully saturated rings. The number of halogens is 2. The number of hydrogen-bond acceptors (Lipinski definition) is 2. The summed E-state index contributed by atoms with van der Waals surface area (Å²) in [4.78, 5) is 0. The molecule has 0 saturated heterocycles. The van der Waals surface area contributed by atoms with Crippen LogP contribution in [0.3, 0.4) is 0 Å². The average molecular weight is 511 g/mol. The first-order valence-electron chi connectivity index (χ1n) is 11.7. The van der Waals surface area contributed by atoms with Crippen LogP contribution in [0.25, 0.3) is 0 Å². The Hall–Kier alpha value is -3.72. The SMILES string of the molecule is Clc1cc(Cc2cccc(Oc3ccccc3)c2)c(Cl)cc1Cc1cccc(Oc2ccccc2)c1. The molecule has 4 heteroatoms. The third kappa shape index (κ3) is 6.28. The van der Waals surface area contributed by atoms with E-state index in [9.17, 15) is 0 Å². The normalized spacial score (nSPS) is 10.7. The van der Waals surface area contributed by atoms with E-state index in [-0.39, 0.29) is 0 Å². The third-order valence-electron chi connectivity index (χ3n) is 5.76. The molecule has 0 heterocycles. The molecule has 0 saturated carbocycles. The largest absolute Gasteiger partial charge is 0.457 e. The van der Waals surface area contributed by atoms with E-state index < -0.39 is 0 Å². The fraction of sp³-hybridized carbons (Fsp3) is 0.0625. The van der Waals surface area contributed by atoms with Gasteiger partial charge in [-0.25, -0.2) is 0 Å². The van der Waals surface area contributed by atoms with Crippen molar-refractivity contribution in [3.63, 3.8) is 0 Å². The molecule has 0 atom stereocenters. The maximum Gasteiger partial charge on any atom is 0.127 e. The van der Waals surface area contributed by atoms with Gasteiger partial charge in [0, 0.05) is 10.0 Å². The molecule has 0 N–H and O–H groups in total. The number of ether oxygens (including phenoxy) is 2. The van der Waals surface area contributed by atoms with Crippen molar-refractivity contribution in [1.82, 2.24) is 0 Å². The standard InChI is InChI=1S/C32H24Cl2O2/c33-31-22-26(18-24-10-8-16-30(20-24)36-28-13-5-2-6-14-28)32(34)21-25(31)17-23-9-7-15-29(19-23)35-27-11-3-1-4-12-27/h1-16,19-22H,17-18H2. The van der Waals surface area contributed by atoms with Crippen LogP contribution in [0.5, 0.6) is 23.0 Å². The molecule has 0 spiro atoms. The lowest BCUT2D eigenvalue weighted by Gasteiger charge is -2.12. The zero-order chi connectivity index (χ0) is 24.7. The lowest BCUT2D eigenvalue weighted by Crippen LogP contribution is -1.96. The van der Waals surface area contributed by atoms with Crippen LogP contribution in [0.1, 0.15) is 22.3 Å². The highest BCUT2D eigenvalue weighted by molar-refractivity contribution is 6.34. The number of benzene rings is 5. The van der Waals surface area contributed by atoms with Crippen molar-refractivity contribution in [2.75, 3.05) is 0 Å². The molecular formula is C32H24Cl2O2. The summed E-state index contributed by atoms with van der Waals surface area (Å²) in [6, 6.07) is 39.5. The Bertz CT molecular complexity index is 1340. The molecule has 0 radical (unpaired) electrons. The maximum atomic E-state index is 6.71. The lowest BCUT2D eigenvalue weighted by atomic mass is 9.99. The van der Waals surface area contributed by atoms with Gasteiger partial charge in [0.25, 0.3) is 0 Å². The topological polar surface area (TPSA) is 18.5 Å². The summed E-state index contributed by atoms with van der Waals surface area (Å²) in [6.45, 7) is 0. The fourth-order valence-electron chi connectivity index (χ4n) is 4.03. The molecule has 0 unspecified atom stereocenters. The predicted molar refractivity (Wildman–Crippen MR) is 148 cm³/mol. The summed E-state index contributed by atoms with van der Waals surface area (Å²) in [5.74, 6) is 3.18. The molecule has 0 bridgehead atoms. The molecule has 2 nitrogen and oxygen atoms in total. The van der Waals surface area contributed by atoms with Crippen LogP contribution < -0.4 is 9.47 Å². The summed E-state index contributed by atoms with van der Waals surface area (Å²) in [5.41, 5.74) is 4.15. The van der Waals surface area contributed by atoms with Crippen molar-refractivity contribution in [3.8, 4) is 23.0 Å². The second-order valence-corrected chi connectivity index (χ2v) is 9.33. The van der Waals surface area contributed by atoms with Gasteiger partial charge < -0.3 is 9.47 Å². The van der Waals surface area contributed by atoms with Gasteiger partial charge in [-0.15, -0.1) is 0 Å². The quantitative estimate of drug-likeness (QED) is 0.206. The van der Waals surface area contributed by atoms with E-state index in [1.54, 1.807) is 0 Å². The second-order valence-electron chi connectivity index (χ2n) is 8.51. The van der Waals surface area contributed by atoms with Crippen molar-refractivity contribution >= 4 is 23.2 Å². The van der Waals surface area contributed by atoms with Crippen molar-refractivity contribution < 1.29 is 9.47 Å². The smallest absolute Gasteiger partial charge is 0.127 e. The molecule has 0 aliphatic heterocycles. The van der Waals surface area contributed by atoms with E-state index in [1.807, 2.05) is 109 Å². The van der Waals surface area contributed by atoms with Gasteiger partial charge in [0.1, 0.15) is 23.0 Å². The van der Waals surface area contributed by atoms with Crippen molar-refractivity contribution in [1.29, 1.82) is 0 Å². The van der Waals surface area contributed by atoms with Gasteiger partial charge >= 0.3 is 0 Å². The number of hydrogen-bond donors (Lipinski definition) is 0. The third-order valence-corrected chi connectivity index (χ3v) is 6.46. The van der Waals surface area contributed by atoms with Crippen LogP contribution in [0.4, 0.5) is 0 Å². The Balaban J connectivity index is 1.30. The minimum absolute atomic E-state index is 0.658. The zero-order valence-corrected chi connectivity index (χ0v) is 21.0. The second kappa shape index (κ2) is 11.3. The number of rotatable bonds is 8. The molecule has 5 rings (SSSR count). The van der Waals surface area contributed by atoms with Crippen molar-refractivity contribution in [2.24, 2.45) is 0 Å². The van der Waals surface area contributed by atoms with E-state index in [0.29, 0.717) is 22.9 Å². The summed E-state index contributed by atoms with van der Waals surface area (Å²) in [7, 11) is 0. The van der Waals surface area contributed by atoms with Crippen LogP contribution in [-0.4, -0.2) is 0 Å². The van der Waals surface area contributed by atoms with Crippen LogP contribution in [-0.2, 0) is 12.8 Å². The van der Waals surface area contributed by atoms with E-state index in [0.717, 1.165) is 45.3 Å². The van der Waals surface area contributed by atoms with E-state index in [1.165, 1.54) is 0 Å². The Kier molecular flexibility index (Phi) is 7.56. The van der Waals surface area contributed by atoms with Crippen molar-refractivity contribution in [3.05, 3.63) is 154 Å². The van der Waals surface area contributed by atoms with Gasteiger partial charge in [-0.05, 0) is 95.8 Å². The van der Waals surface area contributed by atoms with Gasteiger partial charge in [-0.2, -0.15) is 0 Å². The molecule has 36 heavy (non-hydrogen) atoms. The molecule has 0 aromatic heterocycles. The fourth-order valence-corrected chi connectivity index (χ4v) is 4.53. The zero-order valence-electron chi connectivity index (χ0n) is 19.5. The molecule has 0 aliphatic carbocycles. The van der Waals surface area contributed by atoms with E-state index in [2.05, 4.69) is 12.1 Å². The Labute approximate surface area is 221 Å². The first-order chi connectivity index (χ1) is 17.6. The minimum Gasteiger partial charge on any atom is -0.457 e. The highest BCUT2D eigenvalue weighted by Crippen LogP contribution is 2.31. The van der Waals surface area contributed by atoms with Gasteiger partial charge in [0.15, 0.2) is 0 Å². The highest BCUT2D eigenvalue weighted by atomic mass is 35.5. The highest BCUT2D eigenvalue weighted by Gasteiger charge is 2.11. The monoisotopic (exact) mass is 510 g/mol. The van der Waals surface area contributed by atoms with E-state index >= 15 is 0 Å². The Morgan fingerprint density at radius 3 is 1.22 bits per heavy atom. The lowest BCUT2D eigenvalue weighted by molar-refractivity contribution is 0.482. The maximum absolute atomic E-state index is 6.71.